The SMILES string of the molecule is O=C(Nc1ccc(F)c(F)c1)C1(C(=O)Nc2ccc(F)cc2F)CC1. The zero-order valence-electron chi connectivity index (χ0n) is 12.7. The Morgan fingerprint density at radius 1 is 0.800 bits per heavy atom. The van der Waals surface area contributed by atoms with E-state index in [1.807, 2.05) is 0 Å². The molecule has 0 unspecified atom stereocenters. The lowest BCUT2D eigenvalue weighted by Crippen LogP contribution is -2.35. The Morgan fingerprint density at radius 3 is 2.08 bits per heavy atom. The number of benzene rings is 2. The zero-order chi connectivity index (χ0) is 18.2. The molecule has 0 heterocycles. The third-order valence-electron chi connectivity index (χ3n) is 3.98. The standard InChI is InChI=1S/C17H12F4N2O2/c18-9-1-4-14(13(21)7-9)23-16(25)17(5-6-17)15(24)22-10-2-3-11(19)12(20)8-10/h1-4,7-8H,5-6H2,(H,22,24)(H,23,25). The Hall–Kier alpha value is -2.90. The largest absolute Gasteiger partial charge is 0.325 e. The second kappa shape index (κ2) is 6.19. The summed E-state index contributed by atoms with van der Waals surface area (Å²) in [7, 11) is 0. The van der Waals surface area contributed by atoms with E-state index in [0.29, 0.717) is 6.07 Å². The van der Waals surface area contributed by atoms with Crippen LogP contribution in [0.25, 0.3) is 0 Å². The summed E-state index contributed by atoms with van der Waals surface area (Å²) in [6.07, 6.45) is 0.439. The molecule has 0 bridgehead atoms. The Morgan fingerprint density at radius 2 is 1.48 bits per heavy atom. The van der Waals surface area contributed by atoms with Crippen molar-refractivity contribution in [2.24, 2.45) is 5.41 Å². The van der Waals surface area contributed by atoms with Gasteiger partial charge in [0.05, 0.1) is 5.69 Å². The smallest absolute Gasteiger partial charge is 0.240 e. The third kappa shape index (κ3) is 3.33. The molecular formula is C17H12F4N2O2. The Kier molecular flexibility index (Phi) is 4.20. The number of anilines is 2. The van der Waals surface area contributed by atoms with E-state index < -0.39 is 40.5 Å². The normalized spacial score (nSPS) is 14.7. The van der Waals surface area contributed by atoms with Crippen molar-refractivity contribution < 1.29 is 27.2 Å². The molecule has 0 atom stereocenters. The molecule has 1 fully saturated rings. The summed E-state index contributed by atoms with van der Waals surface area (Å²) in [5.74, 6) is -5.43. The molecule has 1 saturated carbocycles. The molecule has 0 aliphatic heterocycles. The first-order valence-corrected chi connectivity index (χ1v) is 7.35. The molecule has 0 spiro atoms. The summed E-state index contributed by atoms with van der Waals surface area (Å²) < 4.78 is 52.6. The fourth-order valence-corrected chi connectivity index (χ4v) is 2.34. The fraction of sp³-hybridized carbons (Fsp3) is 0.176. The lowest BCUT2D eigenvalue weighted by molar-refractivity contribution is -0.131. The molecule has 0 aromatic heterocycles. The Bertz CT molecular complexity index is 866. The van der Waals surface area contributed by atoms with Crippen molar-refractivity contribution in [3.8, 4) is 0 Å². The van der Waals surface area contributed by atoms with E-state index in [-0.39, 0.29) is 24.2 Å². The van der Waals surface area contributed by atoms with E-state index >= 15 is 0 Å². The first-order chi connectivity index (χ1) is 11.8. The van der Waals surface area contributed by atoms with Gasteiger partial charge in [0, 0.05) is 17.8 Å². The van der Waals surface area contributed by atoms with E-state index in [9.17, 15) is 27.2 Å². The molecule has 2 aromatic rings. The maximum absolute atomic E-state index is 13.6. The van der Waals surface area contributed by atoms with Crippen LogP contribution in [0.1, 0.15) is 12.8 Å². The Balaban J connectivity index is 1.73. The van der Waals surface area contributed by atoms with Crippen molar-refractivity contribution >= 4 is 23.2 Å². The van der Waals surface area contributed by atoms with Crippen LogP contribution in [0.2, 0.25) is 0 Å². The van der Waals surface area contributed by atoms with Crippen molar-refractivity contribution in [1.82, 2.24) is 0 Å². The molecule has 0 radical (unpaired) electrons. The lowest BCUT2D eigenvalue weighted by atomic mass is 10.0. The van der Waals surface area contributed by atoms with Crippen LogP contribution in [-0.4, -0.2) is 11.8 Å². The highest BCUT2D eigenvalue weighted by molar-refractivity contribution is 6.16. The highest BCUT2D eigenvalue weighted by Crippen LogP contribution is 2.47. The van der Waals surface area contributed by atoms with Crippen LogP contribution in [0.15, 0.2) is 36.4 Å². The van der Waals surface area contributed by atoms with Gasteiger partial charge in [-0.25, -0.2) is 17.6 Å². The summed E-state index contributed by atoms with van der Waals surface area (Å²) in [6, 6.07) is 5.42. The number of amides is 2. The summed E-state index contributed by atoms with van der Waals surface area (Å²) in [5.41, 5.74) is -1.68. The molecule has 1 aliphatic carbocycles. The summed E-state index contributed by atoms with van der Waals surface area (Å²) in [4.78, 5) is 24.6. The summed E-state index contributed by atoms with van der Waals surface area (Å²) in [6.45, 7) is 0. The predicted octanol–water partition coefficient (Wildman–Crippen LogP) is 3.60. The summed E-state index contributed by atoms with van der Waals surface area (Å²) >= 11 is 0. The Labute approximate surface area is 139 Å². The van der Waals surface area contributed by atoms with Gasteiger partial charge in [-0.15, -0.1) is 0 Å². The molecule has 3 rings (SSSR count). The van der Waals surface area contributed by atoms with Gasteiger partial charge >= 0.3 is 0 Å². The third-order valence-corrected chi connectivity index (χ3v) is 3.98. The van der Waals surface area contributed by atoms with E-state index in [2.05, 4.69) is 10.6 Å². The van der Waals surface area contributed by atoms with Gasteiger partial charge in [0.1, 0.15) is 17.0 Å². The molecule has 2 aromatic carbocycles. The van der Waals surface area contributed by atoms with Gasteiger partial charge in [-0.1, -0.05) is 0 Å². The molecule has 8 heteroatoms. The molecular weight excluding hydrogens is 340 g/mol. The quantitative estimate of drug-likeness (QED) is 0.653. The van der Waals surface area contributed by atoms with E-state index in [1.54, 1.807) is 0 Å². The van der Waals surface area contributed by atoms with Crippen LogP contribution in [0.5, 0.6) is 0 Å². The molecule has 2 amide bonds. The van der Waals surface area contributed by atoms with Crippen molar-refractivity contribution in [2.45, 2.75) is 12.8 Å². The van der Waals surface area contributed by atoms with Gasteiger partial charge < -0.3 is 10.6 Å². The number of carbonyl (C=O) groups excluding carboxylic acids is 2. The van der Waals surface area contributed by atoms with Crippen LogP contribution in [0, 0.1) is 28.7 Å². The van der Waals surface area contributed by atoms with E-state index in [0.717, 1.165) is 30.3 Å². The minimum absolute atomic E-state index is 0.00376. The molecule has 2 N–H and O–H groups in total. The minimum Gasteiger partial charge on any atom is -0.325 e. The van der Waals surface area contributed by atoms with E-state index in [4.69, 9.17) is 0 Å². The monoisotopic (exact) mass is 352 g/mol. The predicted molar refractivity (Wildman–Crippen MR) is 81.6 cm³/mol. The van der Waals surface area contributed by atoms with Crippen molar-refractivity contribution in [3.63, 3.8) is 0 Å². The highest BCUT2D eigenvalue weighted by atomic mass is 19.2. The van der Waals surface area contributed by atoms with Crippen molar-refractivity contribution in [3.05, 3.63) is 59.7 Å². The van der Waals surface area contributed by atoms with Crippen LogP contribution in [0.4, 0.5) is 28.9 Å². The molecule has 130 valence electrons. The molecule has 25 heavy (non-hydrogen) atoms. The second-order valence-corrected chi connectivity index (χ2v) is 5.74. The van der Waals surface area contributed by atoms with Gasteiger partial charge in [0.2, 0.25) is 11.8 Å². The van der Waals surface area contributed by atoms with E-state index in [1.165, 1.54) is 0 Å². The number of carbonyl (C=O) groups is 2. The first-order valence-electron chi connectivity index (χ1n) is 7.35. The number of nitrogens with one attached hydrogen (secondary N) is 2. The van der Waals surface area contributed by atoms with Crippen LogP contribution < -0.4 is 10.6 Å². The van der Waals surface area contributed by atoms with Crippen LogP contribution in [0.3, 0.4) is 0 Å². The van der Waals surface area contributed by atoms with Gasteiger partial charge in [-0.2, -0.15) is 0 Å². The van der Waals surface area contributed by atoms with Gasteiger partial charge in [0.15, 0.2) is 11.6 Å². The summed E-state index contributed by atoms with van der Waals surface area (Å²) in [5, 5.41) is 4.59. The maximum atomic E-state index is 13.6. The maximum Gasteiger partial charge on any atom is 0.240 e. The van der Waals surface area contributed by atoms with Gasteiger partial charge in [-0.3, -0.25) is 9.59 Å². The van der Waals surface area contributed by atoms with Gasteiger partial charge in [-0.05, 0) is 37.1 Å². The van der Waals surface area contributed by atoms with Crippen LogP contribution in [-0.2, 0) is 9.59 Å². The second-order valence-electron chi connectivity index (χ2n) is 5.74. The average Bonchev–Trinajstić information content (AvgIpc) is 3.35. The number of rotatable bonds is 4. The minimum atomic E-state index is -1.42. The first kappa shape index (κ1) is 16.9. The number of halogens is 4. The zero-order valence-corrected chi connectivity index (χ0v) is 12.7. The number of hydrogen-bond acceptors (Lipinski definition) is 2. The topological polar surface area (TPSA) is 58.2 Å². The van der Waals surface area contributed by atoms with Gasteiger partial charge in [0.25, 0.3) is 0 Å². The molecule has 1 aliphatic rings. The average molecular weight is 352 g/mol. The molecule has 4 nitrogen and oxygen atoms in total. The van der Waals surface area contributed by atoms with Crippen molar-refractivity contribution in [1.29, 1.82) is 0 Å². The fourth-order valence-electron chi connectivity index (χ4n) is 2.34. The highest BCUT2D eigenvalue weighted by Gasteiger charge is 2.56. The van der Waals surface area contributed by atoms with Crippen molar-refractivity contribution in [2.75, 3.05) is 10.6 Å². The molecule has 0 saturated heterocycles. The lowest BCUT2D eigenvalue weighted by Gasteiger charge is -2.16. The number of hydrogen-bond donors (Lipinski definition) is 2. The van der Waals surface area contributed by atoms with Crippen LogP contribution >= 0.6 is 0 Å².